The molecule has 0 amide bonds. The van der Waals surface area contributed by atoms with Gasteiger partial charge in [0.15, 0.2) is 5.78 Å². The van der Waals surface area contributed by atoms with Crippen molar-refractivity contribution in [3.05, 3.63) is 34.2 Å². The summed E-state index contributed by atoms with van der Waals surface area (Å²) in [7, 11) is 3.50. The van der Waals surface area contributed by atoms with E-state index < -0.39 is 0 Å². The van der Waals surface area contributed by atoms with E-state index in [-0.39, 0.29) is 17.4 Å². The summed E-state index contributed by atoms with van der Waals surface area (Å²) in [5, 5.41) is 0. The number of carbonyl (C=O) groups excluding carboxylic acids is 1. The van der Waals surface area contributed by atoms with E-state index >= 15 is 0 Å². The van der Waals surface area contributed by atoms with Gasteiger partial charge in [-0.05, 0) is 31.0 Å². The van der Waals surface area contributed by atoms with Crippen LogP contribution in [0.4, 0.5) is 0 Å². The predicted octanol–water partition coefficient (Wildman–Crippen LogP) is 2.25. The number of carbonyl (C=O) groups is 1. The molecule has 1 saturated carbocycles. The van der Waals surface area contributed by atoms with Crippen LogP contribution in [-0.4, -0.2) is 14.9 Å². The van der Waals surface area contributed by atoms with Crippen LogP contribution in [0.1, 0.15) is 36.0 Å². The quantitative estimate of drug-likeness (QED) is 0.775. The SMILES string of the molecule is Cn1c(=O)n(C)c2cc(C(=O)C3CCCC3)ccc21. The monoisotopic (exact) mass is 258 g/mol. The molecule has 0 spiro atoms. The summed E-state index contributed by atoms with van der Waals surface area (Å²) < 4.78 is 3.21. The lowest BCUT2D eigenvalue weighted by atomic mass is 9.96. The highest BCUT2D eigenvalue weighted by Crippen LogP contribution is 2.28. The first-order valence-electron chi connectivity index (χ1n) is 6.79. The lowest BCUT2D eigenvalue weighted by Gasteiger charge is -2.08. The van der Waals surface area contributed by atoms with Crippen molar-refractivity contribution >= 4 is 16.8 Å². The molecule has 1 aromatic heterocycles. The zero-order valence-electron chi connectivity index (χ0n) is 11.3. The standard InChI is InChI=1S/C15H18N2O2/c1-16-12-8-7-11(9-13(12)17(2)15(16)19)14(18)10-5-3-4-6-10/h7-10H,3-6H2,1-2H3. The van der Waals surface area contributed by atoms with Gasteiger partial charge in [-0.1, -0.05) is 12.8 Å². The van der Waals surface area contributed by atoms with Crippen molar-refractivity contribution in [2.24, 2.45) is 20.0 Å². The summed E-state index contributed by atoms with van der Waals surface area (Å²) in [5.74, 6) is 0.411. The number of nitrogens with zero attached hydrogens (tertiary/aromatic N) is 2. The van der Waals surface area contributed by atoms with Crippen LogP contribution in [0.2, 0.25) is 0 Å². The summed E-state index contributed by atoms with van der Waals surface area (Å²) >= 11 is 0. The molecular weight excluding hydrogens is 240 g/mol. The molecule has 0 unspecified atom stereocenters. The molecule has 1 fully saturated rings. The predicted molar refractivity (Wildman–Crippen MR) is 74.4 cm³/mol. The van der Waals surface area contributed by atoms with Crippen molar-refractivity contribution < 1.29 is 4.79 Å². The van der Waals surface area contributed by atoms with E-state index in [0.29, 0.717) is 0 Å². The lowest BCUT2D eigenvalue weighted by molar-refractivity contribution is 0.0923. The molecule has 0 saturated heterocycles. The molecule has 0 radical (unpaired) electrons. The van der Waals surface area contributed by atoms with Gasteiger partial charge in [-0.3, -0.25) is 13.9 Å². The highest BCUT2D eigenvalue weighted by molar-refractivity contribution is 6.00. The van der Waals surface area contributed by atoms with Crippen LogP contribution in [0, 0.1) is 5.92 Å². The topological polar surface area (TPSA) is 44.0 Å². The van der Waals surface area contributed by atoms with Gasteiger partial charge in [0.1, 0.15) is 0 Å². The number of aryl methyl sites for hydroxylation is 2. The lowest BCUT2D eigenvalue weighted by Crippen LogP contribution is -2.19. The average Bonchev–Trinajstić information content (AvgIpc) is 3.03. The number of aromatic nitrogens is 2. The molecule has 3 rings (SSSR count). The number of ketones is 1. The fourth-order valence-corrected chi connectivity index (χ4v) is 3.08. The molecule has 2 aromatic rings. The van der Waals surface area contributed by atoms with E-state index in [1.54, 1.807) is 23.2 Å². The number of Topliss-reactive ketones (excluding diaryl/α,β-unsaturated/α-hetero) is 1. The highest BCUT2D eigenvalue weighted by Gasteiger charge is 2.24. The normalized spacial score (nSPS) is 16.3. The second-order valence-corrected chi connectivity index (χ2v) is 5.45. The molecule has 0 bridgehead atoms. The minimum atomic E-state index is -0.0551. The first kappa shape index (κ1) is 12.2. The van der Waals surface area contributed by atoms with Crippen molar-refractivity contribution in [2.75, 3.05) is 0 Å². The number of imidazole rings is 1. The molecule has 1 aliphatic rings. The molecule has 1 aromatic carbocycles. The van der Waals surface area contributed by atoms with Crippen LogP contribution < -0.4 is 5.69 Å². The van der Waals surface area contributed by atoms with Gasteiger partial charge in [0.05, 0.1) is 11.0 Å². The van der Waals surface area contributed by atoms with E-state index in [1.807, 2.05) is 18.2 Å². The summed E-state index contributed by atoms with van der Waals surface area (Å²) in [6.07, 6.45) is 4.32. The largest absolute Gasteiger partial charge is 0.328 e. The fraction of sp³-hybridized carbons (Fsp3) is 0.467. The molecular formula is C15H18N2O2. The summed E-state index contributed by atoms with van der Waals surface area (Å²) in [4.78, 5) is 24.3. The molecule has 100 valence electrons. The molecule has 4 heteroatoms. The Morgan fingerprint density at radius 1 is 1.11 bits per heavy atom. The molecule has 0 atom stereocenters. The summed E-state index contributed by atoms with van der Waals surface area (Å²) in [6, 6.07) is 5.58. The maximum Gasteiger partial charge on any atom is 0.328 e. The Morgan fingerprint density at radius 3 is 2.42 bits per heavy atom. The van der Waals surface area contributed by atoms with Crippen LogP contribution in [-0.2, 0) is 14.1 Å². The Hall–Kier alpha value is -1.84. The maximum absolute atomic E-state index is 12.4. The molecule has 19 heavy (non-hydrogen) atoms. The first-order chi connectivity index (χ1) is 9.09. The van der Waals surface area contributed by atoms with Crippen molar-refractivity contribution in [2.45, 2.75) is 25.7 Å². The van der Waals surface area contributed by atoms with Gasteiger partial charge >= 0.3 is 5.69 Å². The second-order valence-electron chi connectivity index (χ2n) is 5.45. The Labute approximate surface area is 111 Å². The number of hydrogen-bond acceptors (Lipinski definition) is 2. The van der Waals surface area contributed by atoms with E-state index in [4.69, 9.17) is 0 Å². The first-order valence-corrected chi connectivity index (χ1v) is 6.79. The van der Waals surface area contributed by atoms with E-state index in [1.165, 1.54) is 0 Å². The third-order valence-corrected chi connectivity index (χ3v) is 4.28. The minimum Gasteiger partial charge on any atom is -0.295 e. The van der Waals surface area contributed by atoms with Gasteiger partial charge in [0.25, 0.3) is 0 Å². The summed E-state index contributed by atoms with van der Waals surface area (Å²) in [6.45, 7) is 0. The fourth-order valence-electron chi connectivity index (χ4n) is 3.08. The molecule has 0 aliphatic heterocycles. The van der Waals surface area contributed by atoms with Gasteiger partial charge in [-0.2, -0.15) is 0 Å². The number of benzene rings is 1. The van der Waals surface area contributed by atoms with Gasteiger partial charge in [0, 0.05) is 25.6 Å². The third kappa shape index (κ3) is 1.82. The molecule has 0 N–H and O–H groups in total. The van der Waals surface area contributed by atoms with Crippen LogP contribution in [0.5, 0.6) is 0 Å². The van der Waals surface area contributed by atoms with Gasteiger partial charge < -0.3 is 0 Å². The van der Waals surface area contributed by atoms with E-state index in [2.05, 4.69) is 0 Å². The molecule has 4 nitrogen and oxygen atoms in total. The second kappa shape index (κ2) is 4.37. The van der Waals surface area contributed by atoms with Crippen molar-refractivity contribution in [3.63, 3.8) is 0 Å². The molecule has 1 aliphatic carbocycles. The zero-order valence-corrected chi connectivity index (χ0v) is 11.3. The third-order valence-electron chi connectivity index (χ3n) is 4.28. The number of hydrogen-bond donors (Lipinski definition) is 0. The average molecular weight is 258 g/mol. The Kier molecular flexibility index (Phi) is 2.81. The van der Waals surface area contributed by atoms with Crippen LogP contribution in [0.15, 0.2) is 23.0 Å². The van der Waals surface area contributed by atoms with E-state index in [0.717, 1.165) is 42.3 Å². The highest BCUT2D eigenvalue weighted by atomic mass is 16.1. The van der Waals surface area contributed by atoms with Gasteiger partial charge in [-0.15, -0.1) is 0 Å². The molecule has 1 heterocycles. The van der Waals surface area contributed by atoms with Crippen LogP contribution in [0.25, 0.3) is 11.0 Å². The van der Waals surface area contributed by atoms with Gasteiger partial charge in [-0.25, -0.2) is 4.79 Å². The van der Waals surface area contributed by atoms with Crippen molar-refractivity contribution in [1.82, 2.24) is 9.13 Å². The summed E-state index contributed by atoms with van der Waals surface area (Å²) in [5.41, 5.74) is 2.38. The maximum atomic E-state index is 12.4. The smallest absolute Gasteiger partial charge is 0.295 e. The number of rotatable bonds is 2. The zero-order chi connectivity index (χ0) is 13.6. The Bertz CT molecular complexity index is 703. The van der Waals surface area contributed by atoms with Crippen molar-refractivity contribution in [1.29, 1.82) is 0 Å². The minimum absolute atomic E-state index is 0.0551. The number of fused-ring (bicyclic) bond motifs is 1. The van der Waals surface area contributed by atoms with Crippen LogP contribution in [0.3, 0.4) is 0 Å². The Balaban J connectivity index is 2.09. The van der Waals surface area contributed by atoms with Crippen LogP contribution >= 0.6 is 0 Å². The van der Waals surface area contributed by atoms with Crippen molar-refractivity contribution in [3.8, 4) is 0 Å². The van der Waals surface area contributed by atoms with Gasteiger partial charge in [0.2, 0.25) is 0 Å². The Morgan fingerprint density at radius 2 is 1.74 bits per heavy atom. The van der Waals surface area contributed by atoms with E-state index in [9.17, 15) is 9.59 Å².